The molecule has 58 valence electrons. The Morgan fingerprint density at radius 3 is 2.70 bits per heavy atom. The van der Waals surface area contributed by atoms with Crippen LogP contribution < -0.4 is 5.73 Å². The normalized spacial score (nSPS) is 26.8. The highest BCUT2D eigenvalue weighted by molar-refractivity contribution is 5.09. The fraction of sp³-hybridized carbons (Fsp3) is 0.778. The van der Waals surface area contributed by atoms with E-state index in [2.05, 4.69) is 19.9 Å². The van der Waals surface area contributed by atoms with Gasteiger partial charge in [-0.3, -0.25) is 0 Å². The molecular formula is C9H17N. The highest BCUT2D eigenvalue weighted by Crippen LogP contribution is 2.22. The highest BCUT2D eigenvalue weighted by Gasteiger charge is 2.11. The van der Waals surface area contributed by atoms with Gasteiger partial charge in [0, 0.05) is 6.04 Å². The molecule has 0 fully saturated rings. The van der Waals surface area contributed by atoms with Crippen LogP contribution in [-0.2, 0) is 0 Å². The molecule has 1 atom stereocenters. The summed E-state index contributed by atoms with van der Waals surface area (Å²) < 4.78 is 0. The molecule has 1 nitrogen and oxygen atoms in total. The average molecular weight is 139 g/mol. The molecule has 0 aromatic rings. The zero-order valence-corrected chi connectivity index (χ0v) is 6.93. The van der Waals surface area contributed by atoms with Crippen LogP contribution in [0, 0.1) is 5.92 Å². The average Bonchev–Trinajstić information content (AvgIpc) is 1.88. The molecular weight excluding hydrogens is 122 g/mol. The van der Waals surface area contributed by atoms with E-state index in [1.807, 2.05) is 0 Å². The number of hydrogen-bond donors (Lipinski definition) is 1. The van der Waals surface area contributed by atoms with Crippen LogP contribution in [0.4, 0.5) is 0 Å². The SMILES string of the molecule is CC(C)C1=CC[C@H](N)CC1. The molecule has 0 spiro atoms. The molecule has 0 aliphatic heterocycles. The summed E-state index contributed by atoms with van der Waals surface area (Å²) in [5, 5.41) is 0. The van der Waals surface area contributed by atoms with Gasteiger partial charge in [0.15, 0.2) is 0 Å². The summed E-state index contributed by atoms with van der Waals surface area (Å²) in [6.07, 6.45) is 5.81. The minimum atomic E-state index is 0.433. The van der Waals surface area contributed by atoms with Crippen LogP contribution in [0.2, 0.25) is 0 Å². The molecule has 1 aliphatic rings. The first-order valence-corrected chi connectivity index (χ1v) is 4.14. The van der Waals surface area contributed by atoms with Gasteiger partial charge in [0.25, 0.3) is 0 Å². The zero-order chi connectivity index (χ0) is 7.56. The van der Waals surface area contributed by atoms with Gasteiger partial charge in [-0.25, -0.2) is 0 Å². The van der Waals surface area contributed by atoms with Crippen molar-refractivity contribution in [3.8, 4) is 0 Å². The van der Waals surface area contributed by atoms with E-state index in [4.69, 9.17) is 5.73 Å². The summed E-state index contributed by atoms with van der Waals surface area (Å²) in [7, 11) is 0. The second-order valence-corrected chi connectivity index (χ2v) is 3.47. The fourth-order valence-electron chi connectivity index (χ4n) is 1.40. The van der Waals surface area contributed by atoms with E-state index in [1.54, 1.807) is 5.57 Å². The van der Waals surface area contributed by atoms with Crippen molar-refractivity contribution in [1.29, 1.82) is 0 Å². The summed E-state index contributed by atoms with van der Waals surface area (Å²) in [6.45, 7) is 4.51. The van der Waals surface area contributed by atoms with Crippen LogP contribution in [0.1, 0.15) is 33.1 Å². The third-order valence-electron chi connectivity index (χ3n) is 2.23. The lowest BCUT2D eigenvalue weighted by atomic mass is 9.89. The van der Waals surface area contributed by atoms with Crippen molar-refractivity contribution in [2.75, 3.05) is 0 Å². The van der Waals surface area contributed by atoms with Gasteiger partial charge >= 0.3 is 0 Å². The molecule has 2 N–H and O–H groups in total. The molecule has 0 saturated heterocycles. The quantitative estimate of drug-likeness (QED) is 0.553. The molecule has 0 radical (unpaired) electrons. The molecule has 0 heterocycles. The lowest BCUT2D eigenvalue weighted by Crippen LogP contribution is -2.22. The first-order chi connectivity index (χ1) is 4.70. The standard InChI is InChI=1S/C9H17N/c1-7(2)8-3-5-9(10)6-4-8/h3,7,9H,4-6,10H2,1-2H3/t9-/m0/s1. The van der Waals surface area contributed by atoms with Crippen molar-refractivity contribution >= 4 is 0 Å². The largest absolute Gasteiger partial charge is 0.327 e. The Labute approximate surface area is 63.3 Å². The Morgan fingerprint density at radius 2 is 2.30 bits per heavy atom. The van der Waals surface area contributed by atoms with E-state index in [0.717, 1.165) is 12.3 Å². The molecule has 0 amide bonds. The van der Waals surface area contributed by atoms with Gasteiger partial charge in [0.2, 0.25) is 0 Å². The van der Waals surface area contributed by atoms with Crippen LogP contribution in [0.5, 0.6) is 0 Å². The monoisotopic (exact) mass is 139 g/mol. The van der Waals surface area contributed by atoms with Crippen molar-refractivity contribution in [2.24, 2.45) is 11.7 Å². The van der Waals surface area contributed by atoms with E-state index in [9.17, 15) is 0 Å². The fourth-order valence-corrected chi connectivity index (χ4v) is 1.40. The van der Waals surface area contributed by atoms with Crippen molar-refractivity contribution in [2.45, 2.75) is 39.2 Å². The van der Waals surface area contributed by atoms with Crippen molar-refractivity contribution in [3.63, 3.8) is 0 Å². The smallest absolute Gasteiger partial charge is 0.00765 e. The molecule has 10 heavy (non-hydrogen) atoms. The van der Waals surface area contributed by atoms with Gasteiger partial charge in [-0.1, -0.05) is 25.5 Å². The van der Waals surface area contributed by atoms with E-state index in [-0.39, 0.29) is 0 Å². The van der Waals surface area contributed by atoms with Crippen molar-refractivity contribution in [3.05, 3.63) is 11.6 Å². The molecule has 0 aromatic heterocycles. The Hall–Kier alpha value is -0.300. The third-order valence-corrected chi connectivity index (χ3v) is 2.23. The first kappa shape index (κ1) is 7.80. The number of hydrogen-bond acceptors (Lipinski definition) is 1. The van der Waals surface area contributed by atoms with Crippen molar-refractivity contribution in [1.82, 2.24) is 0 Å². The summed E-state index contributed by atoms with van der Waals surface area (Å²) in [5.41, 5.74) is 7.35. The molecule has 1 rings (SSSR count). The minimum Gasteiger partial charge on any atom is -0.327 e. The Morgan fingerprint density at radius 1 is 1.60 bits per heavy atom. The number of rotatable bonds is 1. The maximum atomic E-state index is 5.75. The molecule has 0 unspecified atom stereocenters. The van der Waals surface area contributed by atoms with E-state index in [0.29, 0.717) is 6.04 Å². The summed E-state index contributed by atoms with van der Waals surface area (Å²) in [5.74, 6) is 0.729. The van der Waals surface area contributed by atoms with Gasteiger partial charge in [-0.15, -0.1) is 0 Å². The van der Waals surface area contributed by atoms with Gasteiger partial charge < -0.3 is 5.73 Å². The maximum Gasteiger partial charge on any atom is 0.00765 e. The lowest BCUT2D eigenvalue weighted by molar-refractivity contribution is 0.552. The van der Waals surface area contributed by atoms with Gasteiger partial charge in [0.05, 0.1) is 0 Å². The van der Waals surface area contributed by atoms with Gasteiger partial charge in [-0.05, 0) is 25.2 Å². The number of allylic oxidation sites excluding steroid dienone is 1. The van der Waals surface area contributed by atoms with E-state index < -0.39 is 0 Å². The van der Waals surface area contributed by atoms with Crippen LogP contribution in [0.15, 0.2) is 11.6 Å². The molecule has 0 saturated carbocycles. The Bertz CT molecular complexity index is 136. The highest BCUT2D eigenvalue weighted by atomic mass is 14.6. The van der Waals surface area contributed by atoms with E-state index in [1.165, 1.54) is 12.8 Å². The predicted molar refractivity (Wildman–Crippen MR) is 44.7 cm³/mol. The summed E-state index contributed by atoms with van der Waals surface area (Å²) in [4.78, 5) is 0. The Balaban J connectivity index is 2.48. The van der Waals surface area contributed by atoms with E-state index >= 15 is 0 Å². The van der Waals surface area contributed by atoms with Gasteiger partial charge in [-0.2, -0.15) is 0 Å². The molecule has 0 bridgehead atoms. The van der Waals surface area contributed by atoms with Crippen molar-refractivity contribution < 1.29 is 0 Å². The second kappa shape index (κ2) is 3.20. The minimum absolute atomic E-state index is 0.433. The van der Waals surface area contributed by atoms with Crippen LogP contribution in [0.25, 0.3) is 0 Å². The first-order valence-electron chi connectivity index (χ1n) is 4.14. The van der Waals surface area contributed by atoms with Crippen LogP contribution in [-0.4, -0.2) is 6.04 Å². The predicted octanol–water partition coefficient (Wildman–Crippen LogP) is 2.08. The summed E-state index contributed by atoms with van der Waals surface area (Å²) in [6, 6.07) is 0.433. The topological polar surface area (TPSA) is 26.0 Å². The van der Waals surface area contributed by atoms with Gasteiger partial charge in [0.1, 0.15) is 0 Å². The number of nitrogens with two attached hydrogens (primary N) is 1. The molecule has 1 aliphatic carbocycles. The second-order valence-electron chi connectivity index (χ2n) is 3.47. The lowest BCUT2D eigenvalue weighted by Gasteiger charge is -2.20. The zero-order valence-electron chi connectivity index (χ0n) is 6.93. The van der Waals surface area contributed by atoms with Crippen LogP contribution in [0.3, 0.4) is 0 Å². The Kier molecular flexibility index (Phi) is 2.50. The maximum absolute atomic E-state index is 5.75. The third kappa shape index (κ3) is 1.84. The van der Waals surface area contributed by atoms with Crippen LogP contribution >= 0.6 is 0 Å². The molecule has 1 heteroatoms. The summed E-state index contributed by atoms with van der Waals surface area (Å²) >= 11 is 0. The molecule has 0 aromatic carbocycles.